The van der Waals surface area contributed by atoms with Gasteiger partial charge in [-0.2, -0.15) is 0 Å². The van der Waals surface area contributed by atoms with Gasteiger partial charge in [0.25, 0.3) is 0 Å². The van der Waals surface area contributed by atoms with Crippen molar-refractivity contribution in [3.63, 3.8) is 0 Å². The van der Waals surface area contributed by atoms with Gasteiger partial charge in [0.05, 0.1) is 6.10 Å². The summed E-state index contributed by atoms with van der Waals surface area (Å²) in [4.78, 5) is 2.46. The topological polar surface area (TPSA) is 24.5 Å². The van der Waals surface area contributed by atoms with Gasteiger partial charge in [0.2, 0.25) is 0 Å². The lowest BCUT2D eigenvalue weighted by Gasteiger charge is -2.33. The highest BCUT2D eigenvalue weighted by Gasteiger charge is 2.18. The van der Waals surface area contributed by atoms with E-state index in [0.717, 1.165) is 32.5 Å². The Bertz CT molecular complexity index is 369. The molecule has 1 N–H and O–H groups in total. The first-order chi connectivity index (χ1) is 9.24. The number of methoxy groups -OCH3 is 1. The van der Waals surface area contributed by atoms with Crippen LogP contribution in [-0.2, 0) is 4.74 Å². The summed E-state index contributed by atoms with van der Waals surface area (Å²) in [6.45, 7) is 7.56. The molecule has 0 aliphatic carbocycles. The summed E-state index contributed by atoms with van der Waals surface area (Å²) >= 11 is 0. The summed E-state index contributed by atoms with van der Waals surface area (Å²) in [6, 6.07) is 9.40. The highest BCUT2D eigenvalue weighted by atomic mass is 16.5. The average Bonchev–Trinajstić information content (AvgIpc) is 2.48. The van der Waals surface area contributed by atoms with Crippen LogP contribution in [0.15, 0.2) is 24.3 Å². The molecule has 1 aromatic carbocycles. The van der Waals surface area contributed by atoms with Crippen LogP contribution >= 0.6 is 0 Å². The van der Waals surface area contributed by atoms with E-state index in [4.69, 9.17) is 4.74 Å². The highest BCUT2D eigenvalue weighted by Crippen LogP contribution is 2.23. The van der Waals surface area contributed by atoms with E-state index >= 15 is 0 Å². The molecule has 0 bridgehead atoms. The van der Waals surface area contributed by atoms with Gasteiger partial charge in [-0.15, -0.1) is 0 Å². The SMILES string of the molecule is CCNC(C)c1ccc(N2CCC(OC)CC2)cc1. The quantitative estimate of drug-likeness (QED) is 0.883. The third kappa shape index (κ3) is 3.71. The van der Waals surface area contributed by atoms with Gasteiger partial charge in [-0.3, -0.25) is 0 Å². The minimum absolute atomic E-state index is 0.429. The molecular weight excluding hydrogens is 236 g/mol. The van der Waals surface area contributed by atoms with Crippen LogP contribution in [0, 0.1) is 0 Å². The second kappa shape index (κ2) is 6.92. The molecule has 3 nitrogen and oxygen atoms in total. The largest absolute Gasteiger partial charge is 0.381 e. The van der Waals surface area contributed by atoms with Crippen LogP contribution in [0.4, 0.5) is 5.69 Å². The van der Waals surface area contributed by atoms with E-state index < -0.39 is 0 Å². The normalized spacial score (nSPS) is 18.6. The summed E-state index contributed by atoms with van der Waals surface area (Å²) in [7, 11) is 1.82. The molecule has 1 fully saturated rings. The average molecular weight is 262 g/mol. The van der Waals surface area contributed by atoms with Crippen LogP contribution in [0.25, 0.3) is 0 Å². The van der Waals surface area contributed by atoms with Crippen molar-refractivity contribution >= 4 is 5.69 Å². The lowest BCUT2D eigenvalue weighted by molar-refractivity contribution is 0.0819. The first kappa shape index (κ1) is 14.4. The van der Waals surface area contributed by atoms with Gasteiger partial charge in [0.1, 0.15) is 0 Å². The van der Waals surface area contributed by atoms with Gasteiger partial charge in [0.15, 0.2) is 0 Å². The predicted octanol–water partition coefficient (Wildman–Crippen LogP) is 2.97. The zero-order valence-electron chi connectivity index (χ0n) is 12.4. The van der Waals surface area contributed by atoms with Crippen LogP contribution in [0.2, 0.25) is 0 Å². The van der Waals surface area contributed by atoms with Gasteiger partial charge in [-0.25, -0.2) is 0 Å². The van der Waals surface area contributed by atoms with E-state index in [-0.39, 0.29) is 0 Å². The standard InChI is InChI=1S/C16H26N2O/c1-4-17-13(2)14-5-7-15(8-6-14)18-11-9-16(19-3)10-12-18/h5-8,13,16-17H,4,9-12H2,1-3H3. The van der Waals surface area contributed by atoms with Crippen molar-refractivity contribution in [1.29, 1.82) is 0 Å². The smallest absolute Gasteiger partial charge is 0.0605 e. The zero-order chi connectivity index (χ0) is 13.7. The molecule has 0 aromatic heterocycles. The number of benzene rings is 1. The minimum atomic E-state index is 0.429. The molecule has 1 aliphatic heterocycles. The maximum absolute atomic E-state index is 5.42. The summed E-state index contributed by atoms with van der Waals surface area (Å²) < 4.78 is 5.42. The maximum Gasteiger partial charge on any atom is 0.0605 e. The molecule has 1 aliphatic rings. The van der Waals surface area contributed by atoms with Gasteiger partial charge >= 0.3 is 0 Å². The molecule has 1 aromatic rings. The van der Waals surface area contributed by atoms with Crippen molar-refractivity contribution in [1.82, 2.24) is 5.32 Å². The molecule has 0 saturated carbocycles. The third-order valence-corrected chi connectivity index (χ3v) is 4.04. The predicted molar refractivity (Wildman–Crippen MR) is 80.8 cm³/mol. The fourth-order valence-electron chi connectivity index (χ4n) is 2.75. The number of nitrogens with zero attached hydrogens (tertiary/aromatic N) is 1. The number of nitrogens with one attached hydrogen (secondary N) is 1. The van der Waals surface area contributed by atoms with E-state index in [1.165, 1.54) is 11.3 Å². The van der Waals surface area contributed by atoms with E-state index in [9.17, 15) is 0 Å². The molecule has 106 valence electrons. The molecule has 1 heterocycles. The number of rotatable bonds is 5. The maximum atomic E-state index is 5.42. The Morgan fingerprint density at radius 3 is 2.42 bits per heavy atom. The van der Waals surface area contributed by atoms with Crippen molar-refractivity contribution in [2.24, 2.45) is 0 Å². The van der Waals surface area contributed by atoms with Crippen molar-refractivity contribution in [2.75, 3.05) is 31.6 Å². The minimum Gasteiger partial charge on any atom is -0.381 e. The second-order valence-corrected chi connectivity index (χ2v) is 5.29. The molecule has 1 unspecified atom stereocenters. The van der Waals surface area contributed by atoms with Crippen molar-refractivity contribution in [3.8, 4) is 0 Å². The number of ether oxygens (including phenoxy) is 1. The van der Waals surface area contributed by atoms with Gasteiger partial charge in [-0.05, 0) is 44.0 Å². The molecule has 0 radical (unpaired) electrons. The molecule has 3 heteroatoms. The van der Waals surface area contributed by atoms with Crippen molar-refractivity contribution < 1.29 is 4.74 Å². The number of anilines is 1. The summed E-state index contributed by atoms with van der Waals surface area (Å²) in [5.74, 6) is 0. The summed E-state index contributed by atoms with van der Waals surface area (Å²) in [5, 5.41) is 3.44. The zero-order valence-corrected chi connectivity index (χ0v) is 12.4. The van der Waals surface area contributed by atoms with Crippen LogP contribution < -0.4 is 10.2 Å². The Morgan fingerprint density at radius 1 is 1.26 bits per heavy atom. The van der Waals surface area contributed by atoms with Crippen LogP contribution in [0.5, 0.6) is 0 Å². The van der Waals surface area contributed by atoms with Crippen LogP contribution in [-0.4, -0.2) is 32.8 Å². The first-order valence-corrected chi connectivity index (χ1v) is 7.35. The Balaban J connectivity index is 1.95. The van der Waals surface area contributed by atoms with Gasteiger partial charge in [0, 0.05) is 31.9 Å². The fourth-order valence-corrected chi connectivity index (χ4v) is 2.75. The Labute approximate surface area is 116 Å². The number of hydrogen-bond donors (Lipinski definition) is 1. The Morgan fingerprint density at radius 2 is 1.89 bits per heavy atom. The van der Waals surface area contributed by atoms with Crippen LogP contribution in [0.3, 0.4) is 0 Å². The number of hydrogen-bond acceptors (Lipinski definition) is 3. The van der Waals surface area contributed by atoms with Gasteiger partial charge in [-0.1, -0.05) is 19.1 Å². The monoisotopic (exact) mass is 262 g/mol. The molecule has 0 spiro atoms. The first-order valence-electron chi connectivity index (χ1n) is 7.35. The highest BCUT2D eigenvalue weighted by molar-refractivity contribution is 5.48. The van der Waals surface area contributed by atoms with E-state index in [1.807, 2.05) is 7.11 Å². The van der Waals surface area contributed by atoms with E-state index in [0.29, 0.717) is 12.1 Å². The summed E-state index contributed by atoms with van der Waals surface area (Å²) in [5.41, 5.74) is 2.69. The Hall–Kier alpha value is -1.06. The van der Waals surface area contributed by atoms with Gasteiger partial charge < -0.3 is 15.0 Å². The molecular formula is C16H26N2O. The fraction of sp³-hybridized carbons (Fsp3) is 0.625. The van der Waals surface area contributed by atoms with E-state index in [2.05, 4.69) is 48.3 Å². The lowest BCUT2D eigenvalue weighted by atomic mass is 10.0. The van der Waals surface area contributed by atoms with E-state index in [1.54, 1.807) is 0 Å². The molecule has 19 heavy (non-hydrogen) atoms. The third-order valence-electron chi connectivity index (χ3n) is 4.04. The second-order valence-electron chi connectivity index (χ2n) is 5.29. The Kier molecular flexibility index (Phi) is 5.23. The summed E-state index contributed by atoms with van der Waals surface area (Å²) in [6.07, 6.45) is 2.71. The lowest BCUT2D eigenvalue weighted by Crippen LogP contribution is -2.36. The van der Waals surface area contributed by atoms with Crippen molar-refractivity contribution in [3.05, 3.63) is 29.8 Å². The molecule has 2 rings (SSSR count). The number of piperidine rings is 1. The molecule has 1 atom stereocenters. The van der Waals surface area contributed by atoms with Crippen LogP contribution in [0.1, 0.15) is 38.3 Å². The molecule has 1 saturated heterocycles. The van der Waals surface area contributed by atoms with Crippen molar-refractivity contribution in [2.45, 2.75) is 38.8 Å². The molecule has 0 amide bonds.